The summed E-state index contributed by atoms with van der Waals surface area (Å²) in [7, 11) is 0. The molecule has 1 aliphatic carbocycles. The van der Waals surface area contributed by atoms with Crippen LogP contribution in [-0.4, -0.2) is 46.1 Å². The minimum atomic E-state index is -7.51. The molecule has 0 aromatic heterocycles. The van der Waals surface area contributed by atoms with Crippen LogP contribution >= 0.6 is 0 Å². The van der Waals surface area contributed by atoms with Gasteiger partial charge in [-0.2, -0.15) is 49.2 Å². The molecule has 1 aliphatic rings. The molecular weight excluding hydrogens is 467 g/mol. The van der Waals surface area contributed by atoms with Crippen LogP contribution in [0.3, 0.4) is 0 Å². The molecule has 1 N–H and O–H groups in total. The Morgan fingerprint density at radius 1 is 0.871 bits per heavy atom. The van der Waals surface area contributed by atoms with E-state index in [-0.39, 0.29) is 12.1 Å². The second-order valence-corrected chi connectivity index (χ2v) is 6.09. The number of amides is 1. The number of benzene rings is 1. The van der Waals surface area contributed by atoms with E-state index in [0.717, 1.165) is 0 Å². The summed E-state index contributed by atoms with van der Waals surface area (Å²) in [5, 5.41) is 20.1. The summed E-state index contributed by atoms with van der Waals surface area (Å²) in [5.74, 6) is -41.1. The van der Waals surface area contributed by atoms with Crippen molar-refractivity contribution in [3.8, 4) is 6.07 Å². The smallest absolute Gasteiger partial charge is 0.317 e. The summed E-state index contributed by atoms with van der Waals surface area (Å²) in [6, 6.07) is 2.44. The Balaban J connectivity index is 2.72. The third-order valence-corrected chi connectivity index (χ3v) is 4.33. The summed E-state index contributed by atoms with van der Waals surface area (Å²) < 4.78 is 150. The number of anilines is 1. The molecule has 1 fully saturated rings. The van der Waals surface area contributed by atoms with Crippen molar-refractivity contribution in [2.24, 2.45) is 0 Å². The van der Waals surface area contributed by atoms with E-state index in [9.17, 15) is 63.2 Å². The molecule has 0 radical (unpaired) electrons. The summed E-state index contributed by atoms with van der Waals surface area (Å²) in [5.41, 5.74) is -10.5. The Morgan fingerprint density at radius 2 is 1.29 bits per heavy atom. The van der Waals surface area contributed by atoms with Crippen LogP contribution in [0.5, 0.6) is 0 Å². The summed E-state index contributed by atoms with van der Waals surface area (Å²) in [6.45, 7) is 0. The van der Waals surface area contributed by atoms with Crippen molar-refractivity contribution in [3.05, 3.63) is 33.9 Å². The molecule has 17 heteroatoms. The highest BCUT2D eigenvalue weighted by Crippen LogP contribution is 2.69. The van der Waals surface area contributed by atoms with Crippen LogP contribution in [0.4, 0.5) is 59.7 Å². The first-order valence-electron chi connectivity index (χ1n) is 7.33. The fraction of sp³-hybridized carbons (Fsp3) is 0.429. The highest BCUT2D eigenvalue weighted by atomic mass is 19.4. The van der Waals surface area contributed by atoms with Crippen LogP contribution in [0.2, 0.25) is 0 Å². The minimum Gasteiger partial charge on any atom is -0.317 e. The lowest BCUT2D eigenvalue weighted by molar-refractivity contribution is -0.475. The minimum absolute atomic E-state index is 0.266. The first kappa shape index (κ1) is 24.1. The monoisotopic (exact) mass is 471 g/mol. The van der Waals surface area contributed by atoms with E-state index in [2.05, 4.69) is 0 Å². The van der Waals surface area contributed by atoms with Crippen molar-refractivity contribution in [1.29, 1.82) is 5.26 Å². The van der Waals surface area contributed by atoms with E-state index in [0.29, 0.717) is 11.4 Å². The Kier molecular flexibility index (Phi) is 4.97. The number of nitrogens with one attached hydrogen (secondary N) is 1. The van der Waals surface area contributed by atoms with Gasteiger partial charge >= 0.3 is 35.3 Å². The third kappa shape index (κ3) is 2.59. The predicted octanol–water partition coefficient (Wildman–Crippen LogP) is 4.30. The molecule has 2 rings (SSSR count). The average Bonchev–Trinajstić information content (AvgIpc) is 2.65. The zero-order chi connectivity index (χ0) is 24.4. The molecule has 1 saturated carbocycles. The molecular formula is C14H4F11N3O3. The van der Waals surface area contributed by atoms with Gasteiger partial charge in [0.15, 0.2) is 0 Å². The SMILES string of the molecule is N#Cc1ccc(NC(=O)C2(F)C(F)(F)C(F)(F)C(F)(F)C(F)(F)C2(F)F)c([N+](=O)[O-])c1. The third-order valence-electron chi connectivity index (χ3n) is 4.33. The number of nitro benzene ring substituents is 1. The second-order valence-electron chi connectivity index (χ2n) is 6.09. The first-order valence-corrected chi connectivity index (χ1v) is 7.33. The van der Waals surface area contributed by atoms with Crippen molar-refractivity contribution < 1.29 is 58.0 Å². The van der Waals surface area contributed by atoms with Crippen LogP contribution in [0.15, 0.2) is 18.2 Å². The molecule has 31 heavy (non-hydrogen) atoms. The van der Waals surface area contributed by atoms with Gasteiger partial charge in [-0.3, -0.25) is 14.9 Å². The van der Waals surface area contributed by atoms with E-state index in [4.69, 9.17) is 5.26 Å². The average molecular weight is 471 g/mol. The van der Waals surface area contributed by atoms with Gasteiger partial charge in [-0.05, 0) is 12.1 Å². The number of rotatable bonds is 3. The maximum atomic E-state index is 14.6. The lowest BCUT2D eigenvalue weighted by Crippen LogP contribution is -2.86. The van der Waals surface area contributed by atoms with Crippen molar-refractivity contribution in [2.75, 3.05) is 5.32 Å². The number of alkyl halides is 11. The highest BCUT2D eigenvalue weighted by Gasteiger charge is 3.02. The molecule has 1 amide bonds. The molecule has 1 aromatic rings. The van der Waals surface area contributed by atoms with Gasteiger partial charge in [0, 0.05) is 6.07 Å². The lowest BCUT2D eigenvalue weighted by atomic mass is 9.71. The molecule has 0 unspecified atom stereocenters. The summed E-state index contributed by atoms with van der Waals surface area (Å²) >= 11 is 0. The van der Waals surface area contributed by atoms with Gasteiger partial charge in [0.25, 0.3) is 11.6 Å². The maximum Gasteiger partial charge on any atom is 0.384 e. The van der Waals surface area contributed by atoms with Gasteiger partial charge in [-0.25, -0.2) is 4.39 Å². The number of carbonyl (C=O) groups is 1. The van der Waals surface area contributed by atoms with Gasteiger partial charge in [0.05, 0.1) is 16.6 Å². The van der Waals surface area contributed by atoms with E-state index in [1.165, 1.54) is 6.07 Å². The maximum absolute atomic E-state index is 14.6. The number of nitrogens with zero attached hydrogens (tertiary/aromatic N) is 2. The quantitative estimate of drug-likeness (QED) is 0.404. The number of nitro groups is 1. The van der Waals surface area contributed by atoms with E-state index >= 15 is 0 Å². The molecule has 0 aliphatic heterocycles. The van der Waals surface area contributed by atoms with Gasteiger partial charge in [-0.15, -0.1) is 0 Å². The van der Waals surface area contributed by atoms with Crippen LogP contribution in [0.1, 0.15) is 5.56 Å². The summed E-state index contributed by atoms with van der Waals surface area (Å²) in [6.07, 6.45) is 0. The fourth-order valence-electron chi connectivity index (χ4n) is 2.57. The topological polar surface area (TPSA) is 96.0 Å². The standard InChI is InChI=1S/C14H4F11N3O3/c15-9(8(29)27-6-2-1-5(4-26)3-7(6)28(30)31)10(16,17)12(20,21)14(24,25)13(22,23)11(9,18)19/h1-3H,(H,27,29). The van der Waals surface area contributed by atoms with E-state index < -0.39 is 63.1 Å². The van der Waals surface area contributed by atoms with Crippen LogP contribution < -0.4 is 5.32 Å². The molecule has 6 nitrogen and oxygen atoms in total. The molecule has 0 atom stereocenters. The van der Waals surface area contributed by atoms with Crippen molar-refractivity contribution >= 4 is 17.3 Å². The Bertz CT molecular complexity index is 973. The van der Waals surface area contributed by atoms with Crippen LogP contribution in [0.25, 0.3) is 0 Å². The molecule has 0 saturated heterocycles. The Hall–Kier alpha value is -3.19. The van der Waals surface area contributed by atoms with E-state index in [1.807, 2.05) is 0 Å². The largest absolute Gasteiger partial charge is 0.384 e. The molecule has 0 heterocycles. The molecule has 1 aromatic carbocycles. The van der Waals surface area contributed by atoms with Crippen LogP contribution in [-0.2, 0) is 4.79 Å². The summed E-state index contributed by atoms with van der Waals surface area (Å²) in [4.78, 5) is 21.2. The van der Waals surface area contributed by atoms with Gasteiger partial charge in [0.1, 0.15) is 5.69 Å². The Morgan fingerprint density at radius 3 is 1.68 bits per heavy atom. The second kappa shape index (κ2) is 6.40. The zero-order valence-corrected chi connectivity index (χ0v) is 14.0. The molecule has 0 bridgehead atoms. The number of hydrogen-bond donors (Lipinski definition) is 1. The number of nitriles is 1. The van der Waals surface area contributed by atoms with Crippen molar-refractivity contribution in [2.45, 2.75) is 35.3 Å². The number of halogens is 11. The molecule has 0 spiro atoms. The zero-order valence-electron chi connectivity index (χ0n) is 14.0. The van der Waals surface area contributed by atoms with Gasteiger partial charge in [0.2, 0.25) is 0 Å². The lowest BCUT2D eigenvalue weighted by Gasteiger charge is -2.51. The number of carbonyl (C=O) groups excluding carboxylic acids is 1. The molecule has 170 valence electrons. The number of hydrogen-bond acceptors (Lipinski definition) is 4. The van der Waals surface area contributed by atoms with Crippen molar-refractivity contribution in [1.82, 2.24) is 0 Å². The first-order chi connectivity index (χ1) is 13.8. The van der Waals surface area contributed by atoms with Crippen molar-refractivity contribution in [3.63, 3.8) is 0 Å². The van der Waals surface area contributed by atoms with Gasteiger partial charge in [-0.1, -0.05) is 0 Å². The van der Waals surface area contributed by atoms with Gasteiger partial charge < -0.3 is 5.32 Å². The normalized spacial score (nSPS) is 23.9. The fourth-order valence-corrected chi connectivity index (χ4v) is 2.57. The van der Waals surface area contributed by atoms with Crippen LogP contribution in [0, 0.1) is 21.4 Å². The van der Waals surface area contributed by atoms with E-state index in [1.54, 1.807) is 0 Å². The predicted molar refractivity (Wildman–Crippen MR) is 75.0 cm³/mol. The Labute approximate surface area is 162 Å². The highest BCUT2D eigenvalue weighted by molar-refractivity contribution is 6.01.